The molecule has 16 heavy (non-hydrogen) atoms. The fraction of sp³-hybridized carbons (Fsp3) is 0.182. The van der Waals surface area contributed by atoms with Gasteiger partial charge < -0.3 is 0 Å². The third-order valence-electron chi connectivity index (χ3n) is 1.80. The molecule has 0 aliphatic carbocycles. The normalized spacial score (nSPS) is 11.8. The summed E-state index contributed by atoms with van der Waals surface area (Å²) in [4.78, 5) is 11.1. The highest BCUT2D eigenvalue weighted by Crippen LogP contribution is 2.28. The number of para-hydroxylation sites is 1. The molecule has 86 valence electrons. The fourth-order valence-corrected chi connectivity index (χ4v) is 1.19. The molecule has 1 amide bonds. The van der Waals surface area contributed by atoms with Crippen molar-refractivity contribution in [2.75, 3.05) is 4.90 Å². The molecule has 0 bridgehead atoms. The van der Waals surface area contributed by atoms with E-state index < -0.39 is 12.2 Å². The molecule has 0 spiro atoms. The Balaban J connectivity index is 3.12. The zero-order chi connectivity index (χ0) is 12.2. The van der Waals surface area contributed by atoms with Crippen molar-refractivity contribution in [1.82, 2.24) is 0 Å². The van der Waals surface area contributed by atoms with E-state index in [0.717, 1.165) is 6.08 Å². The predicted molar refractivity (Wildman–Crippen MR) is 54.8 cm³/mol. The molecule has 0 saturated heterocycles. The molecule has 0 atom stereocenters. The van der Waals surface area contributed by atoms with E-state index in [4.69, 9.17) is 0 Å². The molecule has 0 fully saturated rings. The van der Waals surface area contributed by atoms with E-state index in [9.17, 15) is 18.0 Å². The number of amides is 1. The highest BCUT2D eigenvalue weighted by Gasteiger charge is 2.41. The van der Waals surface area contributed by atoms with Crippen LogP contribution in [0.25, 0.3) is 0 Å². The van der Waals surface area contributed by atoms with E-state index in [1.807, 2.05) is 0 Å². The summed E-state index contributed by atoms with van der Waals surface area (Å²) in [7, 11) is 0. The number of nitrogens with zero attached hydrogens (tertiary/aromatic N) is 1. The van der Waals surface area contributed by atoms with Gasteiger partial charge in [0.25, 0.3) is 5.91 Å². The number of halogens is 3. The van der Waals surface area contributed by atoms with Gasteiger partial charge in [-0.2, -0.15) is 0 Å². The van der Waals surface area contributed by atoms with Crippen LogP contribution in [0.1, 0.15) is 6.92 Å². The Hall–Kier alpha value is -1.78. The summed E-state index contributed by atoms with van der Waals surface area (Å²) in [6.07, 6.45) is -2.58. The Morgan fingerprint density at radius 1 is 1.25 bits per heavy atom. The van der Waals surface area contributed by atoms with Crippen LogP contribution in [-0.2, 0) is 4.79 Å². The highest BCUT2D eigenvalue weighted by atomic mass is 19.4. The van der Waals surface area contributed by atoms with Crippen LogP contribution in [0.4, 0.5) is 18.9 Å². The Bertz CT molecular complexity index is 384. The quantitative estimate of drug-likeness (QED) is 0.563. The van der Waals surface area contributed by atoms with Crippen LogP contribution >= 0.6 is 0 Å². The summed E-state index contributed by atoms with van der Waals surface area (Å²) in [5, 5.41) is 0. The second-order valence-electron chi connectivity index (χ2n) is 2.98. The first-order valence-corrected chi connectivity index (χ1v) is 4.55. The van der Waals surface area contributed by atoms with E-state index in [1.54, 1.807) is 6.07 Å². The molecule has 2 nitrogen and oxygen atoms in total. The highest BCUT2D eigenvalue weighted by molar-refractivity contribution is 6.01. The van der Waals surface area contributed by atoms with Gasteiger partial charge in [-0.15, -0.1) is 13.2 Å². The van der Waals surface area contributed by atoms with Gasteiger partial charge in [-0.05, 0) is 25.1 Å². The summed E-state index contributed by atoms with van der Waals surface area (Å²) >= 11 is 0. The van der Waals surface area contributed by atoms with Crippen LogP contribution in [-0.4, -0.2) is 12.2 Å². The number of alkyl halides is 3. The van der Waals surface area contributed by atoms with E-state index in [2.05, 4.69) is 0 Å². The largest absolute Gasteiger partial charge is 0.491 e. The minimum Gasteiger partial charge on any atom is -0.269 e. The first kappa shape index (κ1) is 12.3. The van der Waals surface area contributed by atoms with Crippen molar-refractivity contribution in [3.63, 3.8) is 0 Å². The van der Waals surface area contributed by atoms with Crippen molar-refractivity contribution in [1.29, 1.82) is 0 Å². The maximum Gasteiger partial charge on any atom is 0.491 e. The number of allylic oxidation sites excluding steroid dienone is 1. The summed E-state index contributed by atoms with van der Waals surface area (Å²) in [5.74, 6) is -1.11. The number of hydrogen-bond donors (Lipinski definition) is 0. The zero-order valence-electron chi connectivity index (χ0n) is 8.53. The lowest BCUT2D eigenvalue weighted by Crippen LogP contribution is -2.42. The van der Waals surface area contributed by atoms with Crippen LogP contribution in [0.15, 0.2) is 42.5 Å². The van der Waals surface area contributed by atoms with Crippen molar-refractivity contribution in [3.05, 3.63) is 42.5 Å². The van der Waals surface area contributed by atoms with Crippen LogP contribution < -0.4 is 4.90 Å². The average Bonchev–Trinajstić information content (AvgIpc) is 2.17. The maximum absolute atomic E-state index is 12.7. The molecule has 0 radical (unpaired) electrons. The number of anilines is 1. The van der Waals surface area contributed by atoms with Gasteiger partial charge in [-0.25, -0.2) is 4.90 Å². The van der Waals surface area contributed by atoms with E-state index in [0.29, 0.717) is 0 Å². The first-order chi connectivity index (χ1) is 7.46. The number of carbonyl (C=O) groups excluding carboxylic acids is 1. The third kappa shape index (κ3) is 2.85. The minimum absolute atomic E-state index is 0.196. The Labute approximate surface area is 91.0 Å². The molecular formula is C11H10F3NO. The summed E-state index contributed by atoms with van der Waals surface area (Å²) in [5.41, 5.74) is -0.196. The first-order valence-electron chi connectivity index (χ1n) is 4.55. The summed E-state index contributed by atoms with van der Waals surface area (Å²) in [6, 6.07) is 6.93. The van der Waals surface area contributed by atoms with Gasteiger partial charge in [-0.3, -0.25) is 4.79 Å². The Kier molecular flexibility index (Phi) is 3.71. The van der Waals surface area contributed by atoms with Crippen molar-refractivity contribution in [2.24, 2.45) is 0 Å². The number of rotatable bonds is 2. The van der Waals surface area contributed by atoms with Gasteiger partial charge in [0.05, 0.1) is 5.69 Å². The lowest BCUT2D eigenvalue weighted by molar-refractivity contribution is -0.146. The molecule has 0 aliphatic rings. The van der Waals surface area contributed by atoms with Gasteiger partial charge in [0.2, 0.25) is 0 Å². The molecule has 0 unspecified atom stereocenters. The lowest BCUT2D eigenvalue weighted by Gasteiger charge is -2.23. The number of carbonyl (C=O) groups is 1. The maximum atomic E-state index is 12.7. The molecule has 0 heterocycles. The van der Waals surface area contributed by atoms with Gasteiger partial charge in [0.15, 0.2) is 0 Å². The van der Waals surface area contributed by atoms with Crippen LogP contribution in [0.2, 0.25) is 0 Å². The van der Waals surface area contributed by atoms with Gasteiger partial charge in [0, 0.05) is 0 Å². The Morgan fingerprint density at radius 3 is 2.25 bits per heavy atom. The minimum atomic E-state index is -4.72. The Morgan fingerprint density at radius 2 is 1.81 bits per heavy atom. The summed E-state index contributed by atoms with van der Waals surface area (Å²) in [6.45, 7) is 1.48. The molecule has 0 aromatic heterocycles. The molecule has 1 rings (SSSR count). The standard InChI is InChI=1S/C11H10F3NO/c1-2-6-10(16)15(11(12,13)14)9-7-4-3-5-8-9/h2-8H,1H3. The van der Waals surface area contributed by atoms with Crippen molar-refractivity contribution >= 4 is 11.6 Å². The van der Waals surface area contributed by atoms with Crippen LogP contribution in [0.3, 0.4) is 0 Å². The molecule has 1 aromatic rings. The number of benzene rings is 1. The van der Waals surface area contributed by atoms with Gasteiger partial charge in [0.1, 0.15) is 0 Å². The molecular weight excluding hydrogens is 219 g/mol. The molecule has 1 aromatic carbocycles. The van der Waals surface area contributed by atoms with E-state index in [-0.39, 0.29) is 10.6 Å². The topological polar surface area (TPSA) is 20.3 Å². The molecule has 0 saturated carbocycles. The smallest absolute Gasteiger partial charge is 0.269 e. The number of hydrogen-bond acceptors (Lipinski definition) is 1. The van der Waals surface area contributed by atoms with Crippen molar-refractivity contribution in [2.45, 2.75) is 13.2 Å². The second-order valence-corrected chi connectivity index (χ2v) is 2.98. The monoisotopic (exact) mass is 229 g/mol. The van der Waals surface area contributed by atoms with Crippen LogP contribution in [0, 0.1) is 0 Å². The zero-order valence-corrected chi connectivity index (χ0v) is 8.53. The van der Waals surface area contributed by atoms with Gasteiger partial charge >= 0.3 is 6.30 Å². The second kappa shape index (κ2) is 4.83. The van der Waals surface area contributed by atoms with Crippen molar-refractivity contribution < 1.29 is 18.0 Å². The molecule has 0 aliphatic heterocycles. The molecule has 5 heteroatoms. The van der Waals surface area contributed by atoms with Crippen molar-refractivity contribution in [3.8, 4) is 0 Å². The SMILES string of the molecule is CC=CC(=O)N(c1ccccc1)C(F)(F)F. The molecule has 0 N–H and O–H groups in total. The van der Waals surface area contributed by atoms with E-state index >= 15 is 0 Å². The van der Waals surface area contributed by atoms with Crippen LogP contribution in [0.5, 0.6) is 0 Å². The predicted octanol–water partition coefficient (Wildman–Crippen LogP) is 3.12. The fourth-order valence-electron chi connectivity index (χ4n) is 1.19. The third-order valence-corrected chi connectivity index (χ3v) is 1.80. The lowest BCUT2D eigenvalue weighted by atomic mass is 10.3. The summed E-state index contributed by atoms with van der Waals surface area (Å²) < 4.78 is 38.0. The van der Waals surface area contributed by atoms with Gasteiger partial charge in [-0.1, -0.05) is 24.3 Å². The average molecular weight is 229 g/mol. The van der Waals surface area contributed by atoms with E-state index in [1.165, 1.54) is 37.3 Å².